The Kier molecular flexibility index (Phi) is 5.14. The number of carbonyl (C=O) groups excluding carboxylic acids is 1. The van der Waals surface area contributed by atoms with Gasteiger partial charge in [-0.25, -0.2) is 0 Å². The lowest BCUT2D eigenvalue weighted by atomic mass is 10.1. The van der Waals surface area contributed by atoms with E-state index in [-0.39, 0.29) is 17.5 Å². The third-order valence-corrected chi connectivity index (χ3v) is 3.41. The molecule has 1 fully saturated rings. The first-order valence-electron chi connectivity index (χ1n) is 6.94. The van der Waals surface area contributed by atoms with E-state index < -0.39 is 0 Å². The quantitative estimate of drug-likeness (QED) is 0.517. The van der Waals surface area contributed by atoms with Crippen molar-refractivity contribution in [3.63, 3.8) is 0 Å². The molecule has 3 heteroatoms. The van der Waals surface area contributed by atoms with Crippen LogP contribution in [0.15, 0.2) is 48.1 Å². The zero-order valence-corrected chi connectivity index (χ0v) is 11.4. The van der Waals surface area contributed by atoms with Crippen molar-refractivity contribution in [2.75, 3.05) is 0 Å². The molecular formula is C17H18N2O. The summed E-state index contributed by atoms with van der Waals surface area (Å²) < 4.78 is 0. The van der Waals surface area contributed by atoms with Gasteiger partial charge in [-0.1, -0.05) is 55.3 Å². The molecule has 0 spiro atoms. The molecule has 1 saturated carbocycles. The van der Waals surface area contributed by atoms with Gasteiger partial charge in [0.05, 0.1) is 0 Å². The van der Waals surface area contributed by atoms with Crippen LogP contribution in [0.1, 0.15) is 31.2 Å². The number of amides is 1. The fourth-order valence-electron chi connectivity index (χ4n) is 2.32. The van der Waals surface area contributed by atoms with Gasteiger partial charge in [0.2, 0.25) is 0 Å². The van der Waals surface area contributed by atoms with Gasteiger partial charge in [0.1, 0.15) is 11.6 Å². The van der Waals surface area contributed by atoms with Crippen molar-refractivity contribution in [2.45, 2.75) is 31.7 Å². The normalized spacial score (nSPS) is 16.2. The second kappa shape index (κ2) is 7.30. The third-order valence-electron chi connectivity index (χ3n) is 3.41. The monoisotopic (exact) mass is 266 g/mol. The highest BCUT2D eigenvalue weighted by atomic mass is 16.1. The molecule has 1 aliphatic rings. The van der Waals surface area contributed by atoms with Gasteiger partial charge in [0.15, 0.2) is 0 Å². The van der Waals surface area contributed by atoms with Gasteiger partial charge in [-0.2, -0.15) is 5.26 Å². The first-order chi connectivity index (χ1) is 9.79. The minimum Gasteiger partial charge on any atom is -0.349 e. The molecule has 0 unspecified atom stereocenters. The molecule has 0 saturated heterocycles. The van der Waals surface area contributed by atoms with E-state index in [1.165, 1.54) is 0 Å². The SMILES string of the molecule is N#C/C(=C\C=C\c1ccccc1)C(=O)NC1CCCC1. The van der Waals surface area contributed by atoms with Gasteiger partial charge in [-0.05, 0) is 24.5 Å². The van der Waals surface area contributed by atoms with Crippen LogP contribution in [-0.2, 0) is 4.79 Å². The predicted octanol–water partition coefficient (Wildman–Crippen LogP) is 3.21. The zero-order chi connectivity index (χ0) is 14.2. The van der Waals surface area contributed by atoms with Gasteiger partial charge in [-0.15, -0.1) is 0 Å². The Hall–Kier alpha value is -2.34. The molecular weight excluding hydrogens is 248 g/mol. The molecule has 1 aliphatic carbocycles. The first kappa shape index (κ1) is 14.1. The Balaban J connectivity index is 1.96. The van der Waals surface area contributed by atoms with Crippen LogP contribution in [-0.4, -0.2) is 11.9 Å². The van der Waals surface area contributed by atoms with Crippen LogP contribution in [0.2, 0.25) is 0 Å². The number of hydrogen-bond donors (Lipinski definition) is 1. The van der Waals surface area contributed by atoms with Gasteiger partial charge in [-0.3, -0.25) is 4.79 Å². The minimum atomic E-state index is -0.267. The minimum absolute atomic E-state index is 0.157. The van der Waals surface area contributed by atoms with Gasteiger partial charge < -0.3 is 5.32 Å². The molecule has 1 aromatic rings. The van der Waals surface area contributed by atoms with E-state index in [1.54, 1.807) is 12.2 Å². The molecule has 0 atom stereocenters. The van der Waals surface area contributed by atoms with Crippen molar-refractivity contribution >= 4 is 12.0 Å². The lowest BCUT2D eigenvalue weighted by Gasteiger charge is -2.10. The van der Waals surface area contributed by atoms with Crippen LogP contribution >= 0.6 is 0 Å². The van der Waals surface area contributed by atoms with Crippen LogP contribution in [0.5, 0.6) is 0 Å². The summed E-state index contributed by atoms with van der Waals surface area (Å²) >= 11 is 0. The Bertz CT molecular complexity index is 546. The smallest absolute Gasteiger partial charge is 0.262 e. The van der Waals surface area contributed by atoms with Crippen molar-refractivity contribution in [3.05, 3.63) is 53.6 Å². The van der Waals surface area contributed by atoms with E-state index in [0.29, 0.717) is 0 Å². The molecule has 0 heterocycles. The van der Waals surface area contributed by atoms with Crippen molar-refractivity contribution < 1.29 is 4.79 Å². The molecule has 102 valence electrons. The maximum atomic E-state index is 11.9. The van der Waals surface area contributed by atoms with E-state index in [4.69, 9.17) is 5.26 Å². The maximum Gasteiger partial charge on any atom is 0.262 e. The fraction of sp³-hybridized carbons (Fsp3) is 0.294. The van der Waals surface area contributed by atoms with E-state index >= 15 is 0 Å². The molecule has 1 aromatic carbocycles. The second-order valence-corrected chi connectivity index (χ2v) is 4.92. The lowest BCUT2D eigenvalue weighted by Crippen LogP contribution is -2.33. The van der Waals surface area contributed by atoms with E-state index in [0.717, 1.165) is 31.2 Å². The van der Waals surface area contributed by atoms with Crippen LogP contribution in [0.4, 0.5) is 0 Å². The van der Waals surface area contributed by atoms with E-state index in [1.807, 2.05) is 42.5 Å². The van der Waals surface area contributed by atoms with E-state index in [9.17, 15) is 4.79 Å². The van der Waals surface area contributed by atoms with Gasteiger partial charge in [0, 0.05) is 6.04 Å². The largest absolute Gasteiger partial charge is 0.349 e. The number of rotatable bonds is 4. The number of carbonyl (C=O) groups is 1. The highest BCUT2D eigenvalue weighted by Crippen LogP contribution is 2.17. The summed E-state index contributed by atoms with van der Waals surface area (Å²) in [6, 6.07) is 12.0. The summed E-state index contributed by atoms with van der Waals surface area (Å²) in [5.74, 6) is -0.267. The number of benzene rings is 1. The maximum absolute atomic E-state index is 11.9. The van der Waals surface area contributed by atoms with Crippen LogP contribution in [0.3, 0.4) is 0 Å². The second-order valence-electron chi connectivity index (χ2n) is 4.92. The number of nitriles is 1. The first-order valence-corrected chi connectivity index (χ1v) is 6.94. The van der Waals surface area contributed by atoms with Gasteiger partial charge >= 0.3 is 0 Å². The molecule has 1 N–H and O–H groups in total. The standard InChI is InChI=1S/C17H18N2O/c18-13-15(17(20)19-16-11-4-5-12-16)10-6-9-14-7-2-1-3-8-14/h1-3,6-10,16H,4-5,11-12H2,(H,19,20)/b9-6+,15-10+. The van der Waals surface area contributed by atoms with Crippen molar-refractivity contribution in [1.29, 1.82) is 5.26 Å². The lowest BCUT2D eigenvalue weighted by molar-refractivity contribution is -0.117. The molecule has 0 radical (unpaired) electrons. The molecule has 0 bridgehead atoms. The molecule has 20 heavy (non-hydrogen) atoms. The predicted molar refractivity (Wildman–Crippen MR) is 79.6 cm³/mol. The Morgan fingerprint density at radius 1 is 1.25 bits per heavy atom. The molecule has 2 rings (SSSR count). The number of nitrogens with zero attached hydrogens (tertiary/aromatic N) is 1. The Morgan fingerprint density at radius 3 is 2.60 bits per heavy atom. The summed E-state index contributed by atoms with van der Waals surface area (Å²) in [4.78, 5) is 11.9. The highest BCUT2D eigenvalue weighted by Gasteiger charge is 2.18. The summed E-state index contributed by atoms with van der Waals surface area (Å²) in [6.07, 6.45) is 9.53. The van der Waals surface area contributed by atoms with Crippen molar-refractivity contribution in [1.82, 2.24) is 5.32 Å². The van der Waals surface area contributed by atoms with Crippen LogP contribution in [0.25, 0.3) is 6.08 Å². The Labute approximate surface area is 119 Å². The average Bonchev–Trinajstić information content (AvgIpc) is 2.97. The molecule has 1 amide bonds. The fourth-order valence-corrected chi connectivity index (χ4v) is 2.32. The summed E-state index contributed by atoms with van der Waals surface area (Å²) in [7, 11) is 0. The Morgan fingerprint density at radius 2 is 1.95 bits per heavy atom. The average molecular weight is 266 g/mol. The summed E-state index contributed by atoms with van der Waals surface area (Å²) in [5.41, 5.74) is 1.20. The molecule has 0 aromatic heterocycles. The highest BCUT2D eigenvalue weighted by molar-refractivity contribution is 5.97. The third kappa shape index (κ3) is 4.10. The molecule has 3 nitrogen and oxygen atoms in total. The van der Waals surface area contributed by atoms with E-state index in [2.05, 4.69) is 5.32 Å². The van der Waals surface area contributed by atoms with Crippen LogP contribution < -0.4 is 5.32 Å². The summed E-state index contributed by atoms with van der Waals surface area (Å²) in [6.45, 7) is 0. The summed E-state index contributed by atoms with van der Waals surface area (Å²) in [5, 5.41) is 12.0. The van der Waals surface area contributed by atoms with Crippen molar-refractivity contribution in [3.8, 4) is 6.07 Å². The zero-order valence-electron chi connectivity index (χ0n) is 11.4. The van der Waals surface area contributed by atoms with Gasteiger partial charge in [0.25, 0.3) is 5.91 Å². The topological polar surface area (TPSA) is 52.9 Å². The number of nitrogens with one attached hydrogen (secondary N) is 1. The van der Waals surface area contributed by atoms with Crippen molar-refractivity contribution in [2.24, 2.45) is 0 Å². The molecule has 0 aliphatic heterocycles. The van der Waals surface area contributed by atoms with Crippen LogP contribution in [0, 0.1) is 11.3 Å². The number of hydrogen-bond acceptors (Lipinski definition) is 2. The number of allylic oxidation sites excluding steroid dienone is 2.